The molecule has 1 aromatic carbocycles. The van der Waals surface area contributed by atoms with Crippen molar-refractivity contribution in [3.05, 3.63) is 46.6 Å². The Bertz CT molecular complexity index is 768. The van der Waals surface area contributed by atoms with Gasteiger partial charge in [0.05, 0.1) is 12.3 Å². The molecule has 2 aromatic rings. The average Bonchev–Trinajstić information content (AvgIpc) is 3.21. The van der Waals surface area contributed by atoms with Crippen molar-refractivity contribution in [3.8, 4) is 0 Å². The number of likely N-dealkylation sites (tertiary alicyclic amines) is 1. The number of benzene rings is 1. The highest BCUT2D eigenvalue weighted by Gasteiger charge is 2.29. The van der Waals surface area contributed by atoms with E-state index in [2.05, 4.69) is 10.2 Å². The van der Waals surface area contributed by atoms with Crippen molar-refractivity contribution < 1.29 is 9.21 Å². The van der Waals surface area contributed by atoms with Crippen LogP contribution in [0, 0.1) is 0 Å². The SMILES string of the molecule is O=C(Cc1ccc(Cl)cc1)N1CCCC(c2nnc(C3CCCCC3)o2)C1. The molecule has 0 radical (unpaired) electrons. The summed E-state index contributed by atoms with van der Waals surface area (Å²) >= 11 is 5.92. The van der Waals surface area contributed by atoms with Crippen LogP contribution in [0.15, 0.2) is 28.7 Å². The van der Waals surface area contributed by atoms with Crippen molar-refractivity contribution in [1.82, 2.24) is 15.1 Å². The van der Waals surface area contributed by atoms with E-state index < -0.39 is 0 Å². The van der Waals surface area contributed by atoms with Crippen molar-refractivity contribution in [3.63, 3.8) is 0 Å². The van der Waals surface area contributed by atoms with Gasteiger partial charge >= 0.3 is 0 Å². The van der Waals surface area contributed by atoms with Crippen LogP contribution in [0.5, 0.6) is 0 Å². The number of nitrogens with zero attached hydrogens (tertiary/aromatic N) is 3. The maximum absolute atomic E-state index is 12.7. The lowest BCUT2D eigenvalue weighted by Crippen LogP contribution is -2.40. The van der Waals surface area contributed by atoms with E-state index in [0.29, 0.717) is 29.8 Å². The number of piperidine rings is 1. The molecule has 27 heavy (non-hydrogen) atoms. The first kappa shape index (κ1) is 18.5. The molecule has 4 rings (SSSR count). The predicted molar refractivity (Wildman–Crippen MR) is 104 cm³/mol. The molecular formula is C21H26ClN3O2. The Kier molecular flexibility index (Phi) is 5.77. The fourth-order valence-electron chi connectivity index (χ4n) is 4.22. The third kappa shape index (κ3) is 4.52. The highest BCUT2D eigenvalue weighted by Crippen LogP contribution is 2.34. The van der Waals surface area contributed by atoms with Crippen molar-refractivity contribution in [1.29, 1.82) is 0 Å². The monoisotopic (exact) mass is 387 g/mol. The summed E-state index contributed by atoms with van der Waals surface area (Å²) in [4.78, 5) is 14.6. The average molecular weight is 388 g/mol. The maximum Gasteiger partial charge on any atom is 0.227 e. The summed E-state index contributed by atoms with van der Waals surface area (Å²) in [5.41, 5.74) is 0.990. The molecule has 2 aliphatic rings. The smallest absolute Gasteiger partial charge is 0.227 e. The van der Waals surface area contributed by atoms with Crippen LogP contribution in [-0.4, -0.2) is 34.1 Å². The summed E-state index contributed by atoms with van der Waals surface area (Å²) in [7, 11) is 0. The van der Waals surface area contributed by atoms with E-state index in [1.54, 1.807) is 0 Å². The number of carbonyl (C=O) groups is 1. The van der Waals surface area contributed by atoms with E-state index in [1.807, 2.05) is 29.2 Å². The molecule has 1 saturated carbocycles. The highest BCUT2D eigenvalue weighted by atomic mass is 35.5. The van der Waals surface area contributed by atoms with Crippen molar-refractivity contribution in [2.45, 2.75) is 63.2 Å². The minimum absolute atomic E-state index is 0.147. The fourth-order valence-corrected chi connectivity index (χ4v) is 4.35. The van der Waals surface area contributed by atoms with Gasteiger partial charge < -0.3 is 9.32 Å². The third-order valence-electron chi connectivity index (χ3n) is 5.80. The Hall–Kier alpha value is -1.88. The topological polar surface area (TPSA) is 59.2 Å². The van der Waals surface area contributed by atoms with Crippen LogP contribution in [0.1, 0.15) is 74.1 Å². The first-order chi connectivity index (χ1) is 13.2. The minimum Gasteiger partial charge on any atom is -0.425 e. The summed E-state index contributed by atoms with van der Waals surface area (Å²) in [5.74, 6) is 2.23. The van der Waals surface area contributed by atoms with Gasteiger partial charge in [-0.15, -0.1) is 10.2 Å². The van der Waals surface area contributed by atoms with E-state index in [1.165, 1.54) is 19.3 Å². The van der Waals surface area contributed by atoms with Gasteiger partial charge in [0.1, 0.15) is 0 Å². The lowest BCUT2D eigenvalue weighted by Gasteiger charge is -2.31. The van der Waals surface area contributed by atoms with Crippen LogP contribution in [0.3, 0.4) is 0 Å². The van der Waals surface area contributed by atoms with Gasteiger partial charge in [-0.05, 0) is 43.4 Å². The van der Waals surface area contributed by atoms with Crippen LogP contribution in [0.4, 0.5) is 0 Å². The molecule has 6 heteroatoms. The Balaban J connectivity index is 1.38. The predicted octanol–water partition coefficient (Wildman–Crippen LogP) is 4.72. The van der Waals surface area contributed by atoms with E-state index >= 15 is 0 Å². The zero-order valence-electron chi connectivity index (χ0n) is 15.6. The lowest BCUT2D eigenvalue weighted by atomic mass is 9.89. The molecule has 1 aromatic heterocycles. The van der Waals surface area contributed by atoms with Gasteiger partial charge in [0.15, 0.2) is 0 Å². The van der Waals surface area contributed by atoms with Crippen molar-refractivity contribution in [2.75, 3.05) is 13.1 Å². The van der Waals surface area contributed by atoms with Crippen LogP contribution < -0.4 is 0 Å². The third-order valence-corrected chi connectivity index (χ3v) is 6.05. The van der Waals surface area contributed by atoms with Gasteiger partial charge in [-0.3, -0.25) is 4.79 Å². The van der Waals surface area contributed by atoms with E-state index in [-0.39, 0.29) is 11.8 Å². The first-order valence-electron chi connectivity index (χ1n) is 10.0. The van der Waals surface area contributed by atoms with Crippen molar-refractivity contribution >= 4 is 17.5 Å². The second-order valence-electron chi connectivity index (χ2n) is 7.80. The molecule has 0 spiro atoms. The van der Waals surface area contributed by atoms with Crippen LogP contribution >= 0.6 is 11.6 Å². The van der Waals surface area contributed by atoms with Gasteiger partial charge in [0.2, 0.25) is 17.7 Å². The molecule has 1 atom stereocenters. The molecule has 0 N–H and O–H groups in total. The quantitative estimate of drug-likeness (QED) is 0.761. The van der Waals surface area contributed by atoms with Crippen molar-refractivity contribution in [2.24, 2.45) is 0 Å². The largest absolute Gasteiger partial charge is 0.425 e. The normalized spacial score (nSPS) is 21.4. The molecule has 1 amide bonds. The minimum atomic E-state index is 0.147. The molecule has 0 bridgehead atoms. The number of carbonyl (C=O) groups excluding carboxylic acids is 1. The molecule has 1 aliphatic heterocycles. The molecule has 1 aliphatic carbocycles. The summed E-state index contributed by atoms with van der Waals surface area (Å²) in [6.07, 6.45) is 8.48. The Labute approximate surface area is 165 Å². The summed E-state index contributed by atoms with van der Waals surface area (Å²) in [5, 5.41) is 9.35. The van der Waals surface area contributed by atoms with Gasteiger partial charge in [-0.1, -0.05) is 43.0 Å². The zero-order chi connectivity index (χ0) is 18.6. The second-order valence-corrected chi connectivity index (χ2v) is 8.23. The number of hydrogen-bond acceptors (Lipinski definition) is 4. The molecule has 5 nitrogen and oxygen atoms in total. The first-order valence-corrected chi connectivity index (χ1v) is 10.4. The molecule has 2 heterocycles. The molecular weight excluding hydrogens is 362 g/mol. The summed E-state index contributed by atoms with van der Waals surface area (Å²) < 4.78 is 6.05. The number of rotatable bonds is 4. The van der Waals surface area contributed by atoms with Gasteiger partial charge in [-0.2, -0.15) is 0 Å². The van der Waals surface area contributed by atoms with Crippen LogP contribution in [0.25, 0.3) is 0 Å². The van der Waals surface area contributed by atoms with E-state index in [0.717, 1.165) is 43.7 Å². The fraction of sp³-hybridized carbons (Fsp3) is 0.571. The summed E-state index contributed by atoms with van der Waals surface area (Å²) in [6.45, 7) is 1.46. The number of aromatic nitrogens is 2. The van der Waals surface area contributed by atoms with E-state index in [9.17, 15) is 4.79 Å². The van der Waals surface area contributed by atoms with Gasteiger partial charge in [-0.25, -0.2) is 0 Å². The zero-order valence-corrected chi connectivity index (χ0v) is 16.3. The molecule has 2 fully saturated rings. The van der Waals surface area contributed by atoms with E-state index in [4.69, 9.17) is 16.0 Å². The Morgan fingerprint density at radius 2 is 1.67 bits per heavy atom. The molecule has 144 valence electrons. The lowest BCUT2D eigenvalue weighted by molar-refractivity contribution is -0.131. The molecule has 1 saturated heterocycles. The van der Waals surface area contributed by atoms with Gasteiger partial charge in [0.25, 0.3) is 0 Å². The Morgan fingerprint density at radius 1 is 1.00 bits per heavy atom. The highest BCUT2D eigenvalue weighted by molar-refractivity contribution is 6.30. The van der Waals surface area contributed by atoms with Gasteiger partial charge in [0, 0.05) is 24.0 Å². The van der Waals surface area contributed by atoms with Crippen LogP contribution in [0.2, 0.25) is 5.02 Å². The number of amides is 1. The molecule has 1 unspecified atom stereocenters. The standard InChI is InChI=1S/C21H26ClN3O2/c22-18-10-8-15(9-11-18)13-19(26)25-12-4-7-17(14-25)21-24-23-20(27-21)16-5-2-1-3-6-16/h8-11,16-17H,1-7,12-14H2. The van der Waals surface area contributed by atoms with Crippen LogP contribution in [-0.2, 0) is 11.2 Å². The second kappa shape index (κ2) is 8.42. The maximum atomic E-state index is 12.7. The number of hydrogen-bond donors (Lipinski definition) is 0. The summed E-state index contributed by atoms with van der Waals surface area (Å²) in [6, 6.07) is 7.48. The number of halogens is 1. The Morgan fingerprint density at radius 3 is 2.41 bits per heavy atom.